The van der Waals surface area contributed by atoms with Crippen LogP contribution in [-0.2, 0) is 15.9 Å². The lowest BCUT2D eigenvalue weighted by molar-refractivity contribution is 0.0384. The molecule has 1 saturated carbocycles. The summed E-state index contributed by atoms with van der Waals surface area (Å²) in [5, 5.41) is 4.01. The third-order valence-electron chi connectivity index (χ3n) is 3.13. The van der Waals surface area contributed by atoms with Gasteiger partial charge in [-0.25, -0.2) is 0 Å². The molecule has 1 aliphatic carbocycles. The van der Waals surface area contributed by atoms with Crippen LogP contribution in [-0.4, -0.2) is 36.5 Å². The van der Waals surface area contributed by atoms with Crippen LogP contribution >= 0.6 is 0 Å². The number of ether oxygens (including phenoxy) is 2. The van der Waals surface area contributed by atoms with Gasteiger partial charge in [-0.15, -0.1) is 0 Å². The summed E-state index contributed by atoms with van der Waals surface area (Å²) in [7, 11) is 1.63. The van der Waals surface area contributed by atoms with Crippen molar-refractivity contribution in [1.29, 1.82) is 0 Å². The van der Waals surface area contributed by atoms with Crippen LogP contribution in [0.2, 0.25) is 0 Å². The molecule has 102 valence electrons. The van der Waals surface area contributed by atoms with E-state index in [4.69, 9.17) is 19.7 Å². The monoisotopic (exact) mass is 255 g/mol. The first-order chi connectivity index (χ1) is 8.78. The van der Waals surface area contributed by atoms with Crippen molar-refractivity contribution in [3.63, 3.8) is 0 Å². The largest absolute Gasteiger partial charge is 0.380 e. The molecular formula is C12H21N3O3. The maximum Gasteiger partial charge on any atom is 0.229 e. The van der Waals surface area contributed by atoms with E-state index in [1.807, 2.05) is 6.92 Å². The van der Waals surface area contributed by atoms with Crippen LogP contribution in [0, 0.1) is 5.92 Å². The minimum absolute atomic E-state index is 0.0219. The fraction of sp³-hybridized carbons (Fsp3) is 0.833. The average Bonchev–Trinajstić information content (AvgIpc) is 3.12. The summed E-state index contributed by atoms with van der Waals surface area (Å²) < 4.78 is 16.1. The Bertz CT molecular complexity index is 361. The summed E-state index contributed by atoms with van der Waals surface area (Å²) in [4.78, 5) is 4.39. The molecule has 2 atom stereocenters. The Labute approximate surface area is 107 Å². The quantitative estimate of drug-likeness (QED) is 0.748. The van der Waals surface area contributed by atoms with E-state index in [1.165, 1.54) is 12.8 Å². The van der Waals surface area contributed by atoms with Gasteiger partial charge >= 0.3 is 0 Å². The number of nitrogens with zero attached hydrogens (tertiary/aromatic N) is 2. The average molecular weight is 255 g/mol. The molecule has 1 aromatic heterocycles. The van der Waals surface area contributed by atoms with E-state index < -0.39 is 0 Å². The Morgan fingerprint density at radius 2 is 2.28 bits per heavy atom. The molecule has 1 fully saturated rings. The first-order valence-electron chi connectivity index (χ1n) is 6.45. The van der Waals surface area contributed by atoms with Crippen LogP contribution in [0.25, 0.3) is 0 Å². The Morgan fingerprint density at radius 1 is 1.50 bits per heavy atom. The number of methoxy groups -OCH3 is 1. The lowest BCUT2D eigenvalue weighted by atomic mass is 10.2. The van der Waals surface area contributed by atoms with Gasteiger partial charge in [-0.05, 0) is 25.7 Å². The van der Waals surface area contributed by atoms with Crippen molar-refractivity contribution in [3.05, 3.63) is 11.7 Å². The number of rotatable bonds is 8. The lowest BCUT2D eigenvalue weighted by Crippen LogP contribution is -2.24. The van der Waals surface area contributed by atoms with Crippen molar-refractivity contribution < 1.29 is 14.0 Å². The van der Waals surface area contributed by atoms with Gasteiger partial charge in [0, 0.05) is 20.3 Å². The van der Waals surface area contributed by atoms with Gasteiger partial charge in [-0.1, -0.05) is 5.16 Å². The van der Waals surface area contributed by atoms with Crippen molar-refractivity contribution >= 4 is 0 Å². The fourth-order valence-corrected chi connectivity index (χ4v) is 1.92. The molecule has 1 aromatic rings. The first-order valence-corrected chi connectivity index (χ1v) is 6.45. The number of hydrogen-bond acceptors (Lipinski definition) is 6. The highest BCUT2D eigenvalue weighted by Crippen LogP contribution is 2.42. The molecule has 0 radical (unpaired) electrons. The van der Waals surface area contributed by atoms with Crippen molar-refractivity contribution in [2.24, 2.45) is 11.7 Å². The molecule has 1 aliphatic rings. The van der Waals surface area contributed by atoms with Gasteiger partial charge in [0.2, 0.25) is 11.7 Å². The zero-order chi connectivity index (χ0) is 13.0. The summed E-state index contributed by atoms with van der Waals surface area (Å²) in [6.45, 7) is 3.08. The molecule has 0 amide bonds. The fourth-order valence-electron chi connectivity index (χ4n) is 1.92. The van der Waals surface area contributed by atoms with Crippen LogP contribution in [0.1, 0.15) is 37.6 Å². The SMILES string of the molecule is CCOC(c1noc(CC(CN)OC)n1)C1CC1. The highest BCUT2D eigenvalue weighted by atomic mass is 16.5. The summed E-state index contributed by atoms with van der Waals surface area (Å²) in [5.41, 5.74) is 5.56. The predicted octanol–water partition coefficient (Wildman–Crippen LogP) is 1.07. The topological polar surface area (TPSA) is 83.4 Å². The van der Waals surface area contributed by atoms with Crippen molar-refractivity contribution in [2.75, 3.05) is 20.3 Å². The molecule has 0 spiro atoms. The molecule has 2 rings (SSSR count). The molecule has 0 aliphatic heterocycles. The first kappa shape index (κ1) is 13.5. The summed E-state index contributed by atoms with van der Waals surface area (Å²) >= 11 is 0. The van der Waals surface area contributed by atoms with Gasteiger partial charge < -0.3 is 19.7 Å². The second kappa shape index (κ2) is 6.26. The number of nitrogens with two attached hydrogens (primary N) is 1. The van der Waals surface area contributed by atoms with Crippen LogP contribution < -0.4 is 5.73 Å². The molecular weight excluding hydrogens is 234 g/mol. The normalized spacial score (nSPS) is 18.8. The molecule has 6 nitrogen and oxygen atoms in total. The Hall–Kier alpha value is -0.980. The Balaban J connectivity index is 1.99. The number of aromatic nitrogens is 2. The highest BCUT2D eigenvalue weighted by Gasteiger charge is 2.36. The van der Waals surface area contributed by atoms with Crippen LogP contribution in [0.4, 0.5) is 0 Å². The smallest absolute Gasteiger partial charge is 0.229 e. The van der Waals surface area contributed by atoms with E-state index in [1.54, 1.807) is 7.11 Å². The van der Waals surface area contributed by atoms with Crippen LogP contribution in [0.3, 0.4) is 0 Å². The lowest BCUT2D eigenvalue weighted by Gasteiger charge is -2.11. The van der Waals surface area contributed by atoms with E-state index in [2.05, 4.69) is 10.1 Å². The van der Waals surface area contributed by atoms with E-state index >= 15 is 0 Å². The second-order valence-electron chi connectivity index (χ2n) is 4.56. The van der Waals surface area contributed by atoms with Gasteiger partial charge in [0.25, 0.3) is 0 Å². The van der Waals surface area contributed by atoms with Gasteiger partial charge in [0.1, 0.15) is 6.10 Å². The molecule has 0 aromatic carbocycles. The van der Waals surface area contributed by atoms with E-state index in [-0.39, 0.29) is 12.2 Å². The molecule has 18 heavy (non-hydrogen) atoms. The van der Waals surface area contributed by atoms with Crippen molar-refractivity contribution in [2.45, 2.75) is 38.4 Å². The van der Waals surface area contributed by atoms with Crippen LogP contribution in [0.15, 0.2) is 4.52 Å². The third-order valence-corrected chi connectivity index (χ3v) is 3.13. The summed E-state index contributed by atoms with van der Waals surface area (Å²) in [6, 6.07) is 0. The Kier molecular flexibility index (Phi) is 4.68. The zero-order valence-corrected chi connectivity index (χ0v) is 11.0. The minimum Gasteiger partial charge on any atom is -0.380 e. The molecule has 0 bridgehead atoms. The molecule has 2 unspecified atom stereocenters. The zero-order valence-electron chi connectivity index (χ0n) is 11.0. The van der Waals surface area contributed by atoms with Crippen molar-refractivity contribution in [1.82, 2.24) is 10.1 Å². The number of hydrogen-bond donors (Lipinski definition) is 1. The minimum atomic E-state index is -0.0789. The van der Waals surface area contributed by atoms with Gasteiger partial charge in [-0.2, -0.15) is 4.98 Å². The molecule has 6 heteroatoms. The molecule has 1 heterocycles. The molecule has 0 saturated heterocycles. The maximum atomic E-state index is 5.68. The Morgan fingerprint density at radius 3 is 2.83 bits per heavy atom. The highest BCUT2D eigenvalue weighted by molar-refractivity contribution is 4.99. The summed E-state index contributed by atoms with van der Waals surface area (Å²) in [5.74, 6) is 1.76. The van der Waals surface area contributed by atoms with Gasteiger partial charge in [0.15, 0.2) is 0 Å². The predicted molar refractivity (Wildman–Crippen MR) is 64.9 cm³/mol. The summed E-state index contributed by atoms with van der Waals surface area (Å²) in [6.07, 6.45) is 2.80. The van der Waals surface area contributed by atoms with E-state index in [0.29, 0.717) is 37.2 Å². The standard InChI is InChI=1S/C12H21N3O3/c1-3-17-11(8-4-5-8)12-14-10(18-15-12)6-9(7-13)16-2/h8-9,11H,3-7,13H2,1-2H3. The van der Waals surface area contributed by atoms with Crippen molar-refractivity contribution in [3.8, 4) is 0 Å². The van der Waals surface area contributed by atoms with Gasteiger partial charge in [-0.3, -0.25) is 0 Å². The van der Waals surface area contributed by atoms with E-state index in [9.17, 15) is 0 Å². The maximum absolute atomic E-state index is 5.68. The van der Waals surface area contributed by atoms with Gasteiger partial charge in [0.05, 0.1) is 12.5 Å². The molecule has 2 N–H and O–H groups in total. The second-order valence-corrected chi connectivity index (χ2v) is 4.56. The third kappa shape index (κ3) is 3.28. The van der Waals surface area contributed by atoms with Crippen LogP contribution in [0.5, 0.6) is 0 Å². The van der Waals surface area contributed by atoms with E-state index in [0.717, 1.165) is 0 Å².